The second kappa shape index (κ2) is 9.94. The first-order valence-corrected chi connectivity index (χ1v) is 11.4. The minimum absolute atomic E-state index is 0.116. The van der Waals surface area contributed by atoms with Gasteiger partial charge < -0.3 is 14.7 Å². The van der Waals surface area contributed by atoms with Crippen molar-refractivity contribution in [2.24, 2.45) is 5.92 Å². The number of aryl methyl sites for hydroxylation is 1. The van der Waals surface area contributed by atoms with Crippen LogP contribution in [0, 0.1) is 12.8 Å². The van der Waals surface area contributed by atoms with Crippen LogP contribution in [0.15, 0.2) is 48.7 Å². The molecule has 2 fully saturated rings. The molecule has 3 heterocycles. The normalized spacial score (nSPS) is 19.4. The second-order valence-corrected chi connectivity index (χ2v) is 8.72. The van der Waals surface area contributed by atoms with Crippen LogP contribution in [0.3, 0.4) is 0 Å². The van der Waals surface area contributed by atoms with Crippen molar-refractivity contribution in [2.75, 3.05) is 44.2 Å². The predicted molar refractivity (Wildman–Crippen MR) is 122 cm³/mol. The van der Waals surface area contributed by atoms with Gasteiger partial charge in [-0.15, -0.1) is 0 Å². The first-order valence-electron chi connectivity index (χ1n) is 11.4. The quantitative estimate of drug-likeness (QED) is 0.744. The number of nitrogens with zero attached hydrogens (tertiary/aromatic N) is 4. The van der Waals surface area contributed by atoms with Crippen LogP contribution in [0.5, 0.6) is 0 Å². The molecular formula is C25H32N4O2. The van der Waals surface area contributed by atoms with Gasteiger partial charge in [-0.3, -0.25) is 9.59 Å². The maximum Gasteiger partial charge on any atom is 0.253 e. The highest BCUT2D eigenvalue weighted by Crippen LogP contribution is 2.23. The van der Waals surface area contributed by atoms with Gasteiger partial charge in [0.25, 0.3) is 5.91 Å². The largest absolute Gasteiger partial charge is 0.353 e. The summed E-state index contributed by atoms with van der Waals surface area (Å²) in [5, 5.41) is 0. The van der Waals surface area contributed by atoms with Crippen molar-refractivity contribution in [2.45, 2.75) is 32.6 Å². The van der Waals surface area contributed by atoms with Crippen molar-refractivity contribution < 1.29 is 9.59 Å². The summed E-state index contributed by atoms with van der Waals surface area (Å²) in [4.78, 5) is 36.2. The van der Waals surface area contributed by atoms with Gasteiger partial charge in [-0.25, -0.2) is 4.98 Å². The van der Waals surface area contributed by atoms with Crippen molar-refractivity contribution in [3.8, 4) is 0 Å². The van der Waals surface area contributed by atoms with E-state index in [9.17, 15) is 9.59 Å². The lowest BCUT2D eigenvalue weighted by molar-refractivity contribution is -0.131. The molecule has 0 spiro atoms. The maximum absolute atomic E-state index is 12.9. The summed E-state index contributed by atoms with van der Waals surface area (Å²) in [5.74, 6) is 1.74. The van der Waals surface area contributed by atoms with Gasteiger partial charge >= 0.3 is 0 Å². The number of carbonyl (C=O) groups is 2. The minimum Gasteiger partial charge on any atom is -0.353 e. The van der Waals surface area contributed by atoms with Crippen LogP contribution in [0.2, 0.25) is 0 Å². The molecule has 31 heavy (non-hydrogen) atoms. The number of rotatable bonds is 5. The van der Waals surface area contributed by atoms with Gasteiger partial charge in [0, 0.05) is 57.4 Å². The third-order valence-corrected chi connectivity index (χ3v) is 6.44. The van der Waals surface area contributed by atoms with Gasteiger partial charge in [0.2, 0.25) is 5.91 Å². The first-order chi connectivity index (χ1) is 15.1. The van der Waals surface area contributed by atoms with E-state index < -0.39 is 0 Å². The molecule has 2 aliphatic heterocycles. The molecule has 0 bridgehead atoms. The summed E-state index contributed by atoms with van der Waals surface area (Å²) in [5.41, 5.74) is 1.87. The first kappa shape index (κ1) is 21.3. The highest BCUT2D eigenvalue weighted by Gasteiger charge is 2.27. The van der Waals surface area contributed by atoms with E-state index in [0.717, 1.165) is 75.5 Å². The van der Waals surface area contributed by atoms with Crippen molar-refractivity contribution in [1.29, 1.82) is 0 Å². The summed E-state index contributed by atoms with van der Waals surface area (Å²) in [6.07, 6.45) is 5.35. The van der Waals surface area contributed by atoms with Crippen LogP contribution in [-0.4, -0.2) is 65.9 Å². The number of likely N-dealkylation sites (tertiary alicyclic amines) is 1. The lowest BCUT2D eigenvalue weighted by atomic mass is 9.92. The van der Waals surface area contributed by atoms with Crippen LogP contribution in [0.1, 0.15) is 41.6 Å². The summed E-state index contributed by atoms with van der Waals surface area (Å²) < 4.78 is 0. The average Bonchev–Trinajstić information content (AvgIpc) is 2.83. The van der Waals surface area contributed by atoms with Crippen molar-refractivity contribution in [3.63, 3.8) is 0 Å². The van der Waals surface area contributed by atoms with E-state index in [2.05, 4.69) is 9.88 Å². The molecule has 2 aliphatic rings. The van der Waals surface area contributed by atoms with E-state index in [4.69, 9.17) is 0 Å². The fourth-order valence-electron chi connectivity index (χ4n) is 4.66. The lowest BCUT2D eigenvalue weighted by Crippen LogP contribution is -2.49. The molecular weight excluding hydrogens is 388 g/mol. The van der Waals surface area contributed by atoms with Gasteiger partial charge in [0.05, 0.1) is 0 Å². The number of amides is 2. The number of carbonyl (C=O) groups excluding carboxylic acids is 2. The SMILES string of the molecule is Cc1cccc(C(=O)N2CCC[C@@H](CCC(=O)N3CCN(c4ccccn4)CC3)C2)c1. The lowest BCUT2D eigenvalue weighted by Gasteiger charge is -2.36. The second-order valence-electron chi connectivity index (χ2n) is 8.72. The Labute approximate surface area is 184 Å². The van der Waals surface area contributed by atoms with E-state index in [-0.39, 0.29) is 11.8 Å². The Hall–Kier alpha value is -2.89. The molecule has 4 rings (SSSR count). The molecule has 6 nitrogen and oxygen atoms in total. The van der Waals surface area contributed by atoms with E-state index in [0.29, 0.717) is 12.3 Å². The molecule has 0 radical (unpaired) electrons. The number of benzene rings is 1. The molecule has 164 valence electrons. The Balaban J connectivity index is 1.23. The molecule has 0 aliphatic carbocycles. The fraction of sp³-hybridized carbons (Fsp3) is 0.480. The van der Waals surface area contributed by atoms with Gasteiger partial charge in [0.1, 0.15) is 5.82 Å². The van der Waals surface area contributed by atoms with Crippen molar-refractivity contribution >= 4 is 17.6 Å². The Morgan fingerprint density at radius 2 is 1.84 bits per heavy atom. The Morgan fingerprint density at radius 3 is 2.58 bits per heavy atom. The zero-order chi connectivity index (χ0) is 21.6. The van der Waals surface area contributed by atoms with Crippen molar-refractivity contribution in [1.82, 2.24) is 14.8 Å². The third kappa shape index (κ3) is 5.43. The number of pyridine rings is 1. The Morgan fingerprint density at radius 1 is 1.00 bits per heavy atom. The van der Waals surface area contributed by atoms with E-state index >= 15 is 0 Å². The van der Waals surface area contributed by atoms with Crippen LogP contribution >= 0.6 is 0 Å². The molecule has 2 aromatic rings. The average molecular weight is 421 g/mol. The molecule has 1 aromatic heterocycles. The summed E-state index contributed by atoms with van der Waals surface area (Å²) in [6.45, 7) is 6.73. The fourth-order valence-corrected chi connectivity index (χ4v) is 4.66. The monoisotopic (exact) mass is 420 g/mol. The summed E-state index contributed by atoms with van der Waals surface area (Å²) >= 11 is 0. The maximum atomic E-state index is 12.9. The molecule has 6 heteroatoms. The Kier molecular flexibility index (Phi) is 6.85. The van der Waals surface area contributed by atoms with Crippen LogP contribution in [-0.2, 0) is 4.79 Å². The molecule has 0 N–H and O–H groups in total. The summed E-state index contributed by atoms with van der Waals surface area (Å²) in [7, 11) is 0. The van der Waals surface area contributed by atoms with Crippen LogP contribution in [0.4, 0.5) is 5.82 Å². The minimum atomic E-state index is 0.116. The van der Waals surface area contributed by atoms with E-state index in [1.54, 1.807) is 0 Å². The number of anilines is 1. The number of piperidine rings is 1. The topological polar surface area (TPSA) is 56.8 Å². The number of piperazine rings is 1. The van der Waals surface area contributed by atoms with E-state index in [1.165, 1.54) is 0 Å². The highest BCUT2D eigenvalue weighted by molar-refractivity contribution is 5.94. The molecule has 0 saturated carbocycles. The zero-order valence-electron chi connectivity index (χ0n) is 18.4. The standard InChI is InChI=1S/C25H32N4O2/c1-20-6-4-8-22(18-20)25(31)29-13-5-7-21(19-29)10-11-24(30)28-16-14-27(15-17-28)23-9-2-3-12-26-23/h2-4,6,8-9,12,18,21H,5,7,10-11,13-17,19H2,1H3/t21-/m0/s1. The highest BCUT2D eigenvalue weighted by atomic mass is 16.2. The number of hydrogen-bond acceptors (Lipinski definition) is 4. The Bertz CT molecular complexity index is 893. The number of hydrogen-bond donors (Lipinski definition) is 0. The number of aromatic nitrogens is 1. The van der Waals surface area contributed by atoms with Crippen LogP contribution < -0.4 is 4.90 Å². The summed E-state index contributed by atoms with van der Waals surface area (Å²) in [6, 6.07) is 13.7. The van der Waals surface area contributed by atoms with Crippen LogP contribution in [0.25, 0.3) is 0 Å². The van der Waals surface area contributed by atoms with Gasteiger partial charge in [-0.1, -0.05) is 23.8 Å². The molecule has 2 saturated heterocycles. The zero-order valence-corrected chi connectivity index (χ0v) is 18.4. The van der Waals surface area contributed by atoms with E-state index in [1.807, 2.05) is 65.4 Å². The van der Waals surface area contributed by atoms with Gasteiger partial charge in [-0.05, 0) is 56.4 Å². The van der Waals surface area contributed by atoms with Gasteiger partial charge in [0.15, 0.2) is 0 Å². The molecule has 1 atom stereocenters. The van der Waals surface area contributed by atoms with Gasteiger partial charge in [-0.2, -0.15) is 0 Å². The molecule has 0 unspecified atom stereocenters. The third-order valence-electron chi connectivity index (χ3n) is 6.44. The molecule has 2 amide bonds. The molecule has 1 aromatic carbocycles. The van der Waals surface area contributed by atoms with Crippen molar-refractivity contribution in [3.05, 3.63) is 59.8 Å². The smallest absolute Gasteiger partial charge is 0.253 e. The predicted octanol–water partition coefficient (Wildman–Crippen LogP) is 3.37.